The van der Waals surface area contributed by atoms with Crippen molar-refractivity contribution in [3.8, 4) is 0 Å². The number of rotatable bonds is 2. The Labute approximate surface area is 103 Å². The van der Waals surface area contributed by atoms with Crippen LogP contribution in [0.4, 0.5) is 0 Å². The van der Waals surface area contributed by atoms with Gasteiger partial charge in [0.15, 0.2) is 5.78 Å². The lowest BCUT2D eigenvalue weighted by atomic mass is 10.0. The van der Waals surface area contributed by atoms with Crippen molar-refractivity contribution in [1.82, 2.24) is 0 Å². The Morgan fingerprint density at radius 1 is 1.06 bits per heavy atom. The van der Waals surface area contributed by atoms with Gasteiger partial charge in [-0.25, -0.2) is 0 Å². The smallest absolute Gasteiger partial charge is 0.180 e. The predicted octanol–water partition coefficient (Wildman–Crippen LogP) is 2.92. The monoisotopic (exact) mass is 246 g/mol. The summed E-state index contributed by atoms with van der Waals surface area (Å²) in [7, 11) is -1.62. The van der Waals surface area contributed by atoms with Gasteiger partial charge in [0.1, 0.15) is 6.61 Å². The second kappa shape index (κ2) is 4.59. The molecule has 0 unspecified atom stereocenters. The van der Waals surface area contributed by atoms with Gasteiger partial charge in [0.05, 0.1) is 14.7 Å². The molecule has 1 aromatic carbocycles. The molecule has 1 aromatic rings. The molecule has 17 heavy (non-hydrogen) atoms. The standard InChI is InChI=1S/C14H18O2Si/c1-17(2,3)14-12(9-16-10-13(14)15)11-7-5-4-6-8-11/h4-8H,9-10H2,1-3H3. The van der Waals surface area contributed by atoms with Crippen molar-refractivity contribution < 1.29 is 9.53 Å². The van der Waals surface area contributed by atoms with Crippen molar-refractivity contribution in [2.24, 2.45) is 0 Å². The van der Waals surface area contributed by atoms with Gasteiger partial charge >= 0.3 is 0 Å². The third-order valence-electron chi connectivity index (χ3n) is 2.93. The number of Topliss-reactive ketones (excluding diaryl/α,β-unsaturated/α-hetero) is 1. The summed E-state index contributed by atoms with van der Waals surface area (Å²) in [6.07, 6.45) is 0. The molecule has 0 radical (unpaired) electrons. The van der Waals surface area contributed by atoms with E-state index in [4.69, 9.17) is 4.74 Å². The summed E-state index contributed by atoms with van der Waals surface area (Å²) in [6, 6.07) is 10.1. The molecule has 1 aliphatic rings. The first-order valence-electron chi connectivity index (χ1n) is 5.90. The molecule has 0 bridgehead atoms. The van der Waals surface area contributed by atoms with Crippen LogP contribution in [0.25, 0.3) is 5.57 Å². The Bertz CT molecular complexity index is 455. The van der Waals surface area contributed by atoms with Crippen LogP contribution in [0.3, 0.4) is 0 Å². The topological polar surface area (TPSA) is 26.3 Å². The van der Waals surface area contributed by atoms with E-state index in [1.807, 2.05) is 18.2 Å². The highest BCUT2D eigenvalue weighted by molar-refractivity contribution is 6.88. The highest BCUT2D eigenvalue weighted by Crippen LogP contribution is 2.29. The van der Waals surface area contributed by atoms with E-state index in [1.54, 1.807) is 0 Å². The number of carbonyl (C=O) groups excluding carboxylic acids is 1. The fourth-order valence-electron chi connectivity index (χ4n) is 2.30. The molecule has 3 heteroatoms. The quantitative estimate of drug-likeness (QED) is 0.750. The Balaban J connectivity index is 2.57. The molecule has 0 aliphatic carbocycles. The van der Waals surface area contributed by atoms with Crippen LogP contribution in [-0.2, 0) is 9.53 Å². The summed E-state index contributed by atoms with van der Waals surface area (Å²) in [5, 5.41) is 1.05. The highest BCUT2D eigenvalue weighted by atomic mass is 28.3. The molecule has 0 N–H and O–H groups in total. The van der Waals surface area contributed by atoms with E-state index in [-0.39, 0.29) is 12.4 Å². The van der Waals surface area contributed by atoms with Gasteiger partial charge in [-0.3, -0.25) is 4.79 Å². The molecule has 0 saturated heterocycles. The van der Waals surface area contributed by atoms with Gasteiger partial charge in [0, 0.05) is 0 Å². The average Bonchev–Trinajstić information content (AvgIpc) is 2.28. The van der Waals surface area contributed by atoms with Crippen LogP contribution in [0.15, 0.2) is 35.5 Å². The molecule has 0 amide bonds. The van der Waals surface area contributed by atoms with Crippen LogP contribution in [-0.4, -0.2) is 27.1 Å². The number of hydrogen-bond acceptors (Lipinski definition) is 2. The number of ether oxygens (including phenoxy) is 1. The Morgan fingerprint density at radius 3 is 2.29 bits per heavy atom. The van der Waals surface area contributed by atoms with Crippen LogP contribution in [0.1, 0.15) is 5.56 Å². The SMILES string of the molecule is C[Si](C)(C)C1=C(c2ccccc2)COCC1=O. The first-order chi connectivity index (χ1) is 8.00. The van der Waals surface area contributed by atoms with Gasteiger partial charge in [-0.1, -0.05) is 50.0 Å². The first kappa shape index (κ1) is 12.3. The van der Waals surface area contributed by atoms with Crippen LogP contribution in [0.2, 0.25) is 19.6 Å². The second-order valence-corrected chi connectivity index (χ2v) is 10.4. The normalized spacial score (nSPS) is 17.5. The van der Waals surface area contributed by atoms with Crippen LogP contribution in [0.5, 0.6) is 0 Å². The molecule has 0 saturated carbocycles. The summed E-state index contributed by atoms with van der Waals surface area (Å²) in [5.41, 5.74) is 2.22. The van der Waals surface area contributed by atoms with E-state index in [0.29, 0.717) is 6.61 Å². The van der Waals surface area contributed by atoms with Crippen molar-refractivity contribution in [2.75, 3.05) is 13.2 Å². The lowest BCUT2D eigenvalue weighted by Gasteiger charge is -2.28. The number of hydrogen-bond donors (Lipinski definition) is 0. The van der Waals surface area contributed by atoms with E-state index in [9.17, 15) is 4.79 Å². The average molecular weight is 246 g/mol. The zero-order chi connectivity index (χ0) is 12.5. The maximum atomic E-state index is 12.1. The zero-order valence-electron chi connectivity index (χ0n) is 10.6. The minimum absolute atomic E-state index is 0.175. The van der Waals surface area contributed by atoms with Crippen molar-refractivity contribution in [3.05, 3.63) is 41.1 Å². The molecule has 2 nitrogen and oxygen atoms in total. The highest BCUT2D eigenvalue weighted by Gasteiger charge is 2.32. The fourth-order valence-corrected chi connectivity index (χ4v) is 4.33. The van der Waals surface area contributed by atoms with E-state index in [1.165, 1.54) is 0 Å². The van der Waals surface area contributed by atoms with E-state index < -0.39 is 8.07 Å². The van der Waals surface area contributed by atoms with Crippen molar-refractivity contribution >= 4 is 19.4 Å². The van der Waals surface area contributed by atoms with Gasteiger partial charge < -0.3 is 4.74 Å². The maximum absolute atomic E-state index is 12.1. The molecule has 1 aliphatic heterocycles. The van der Waals surface area contributed by atoms with Gasteiger partial charge in [0.2, 0.25) is 0 Å². The summed E-state index contributed by atoms with van der Waals surface area (Å²) < 4.78 is 5.39. The number of carbonyl (C=O) groups is 1. The van der Waals surface area contributed by atoms with Crippen LogP contribution in [0, 0.1) is 0 Å². The van der Waals surface area contributed by atoms with Gasteiger partial charge in [-0.15, -0.1) is 0 Å². The third-order valence-corrected chi connectivity index (χ3v) is 5.01. The molecule has 2 rings (SSSR count). The second-order valence-electron chi connectivity index (χ2n) is 5.39. The van der Waals surface area contributed by atoms with E-state index in [2.05, 4.69) is 31.8 Å². The molecule has 0 spiro atoms. The van der Waals surface area contributed by atoms with Gasteiger partial charge in [-0.2, -0.15) is 0 Å². The molecular formula is C14H18O2Si. The molecule has 90 valence electrons. The Kier molecular flexibility index (Phi) is 3.31. The predicted molar refractivity (Wildman–Crippen MR) is 72.5 cm³/mol. The van der Waals surface area contributed by atoms with Crippen LogP contribution >= 0.6 is 0 Å². The summed E-state index contributed by atoms with van der Waals surface area (Å²) >= 11 is 0. The van der Waals surface area contributed by atoms with Gasteiger partial charge in [-0.05, 0) is 16.3 Å². The minimum Gasteiger partial charge on any atom is -0.369 e. The molecule has 0 fully saturated rings. The number of ketones is 1. The summed E-state index contributed by atoms with van der Waals surface area (Å²) in [4.78, 5) is 12.1. The molecule has 1 heterocycles. The lowest BCUT2D eigenvalue weighted by Crippen LogP contribution is -2.36. The van der Waals surface area contributed by atoms with Crippen molar-refractivity contribution in [2.45, 2.75) is 19.6 Å². The van der Waals surface area contributed by atoms with Crippen LogP contribution < -0.4 is 0 Å². The largest absolute Gasteiger partial charge is 0.369 e. The van der Waals surface area contributed by atoms with Crippen molar-refractivity contribution in [3.63, 3.8) is 0 Å². The van der Waals surface area contributed by atoms with Crippen molar-refractivity contribution in [1.29, 1.82) is 0 Å². The third kappa shape index (κ3) is 2.56. The maximum Gasteiger partial charge on any atom is 0.180 e. The molecule has 0 atom stereocenters. The Hall–Kier alpha value is -1.19. The minimum atomic E-state index is -1.62. The fraction of sp³-hybridized carbons (Fsp3) is 0.357. The molecule has 0 aromatic heterocycles. The lowest BCUT2D eigenvalue weighted by molar-refractivity contribution is -0.119. The first-order valence-corrected chi connectivity index (χ1v) is 9.40. The number of benzene rings is 1. The Morgan fingerprint density at radius 2 is 1.71 bits per heavy atom. The van der Waals surface area contributed by atoms with E-state index >= 15 is 0 Å². The molecular weight excluding hydrogens is 228 g/mol. The van der Waals surface area contributed by atoms with Gasteiger partial charge in [0.25, 0.3) is 0 Å². The summed E-state index contributed by atoms with van der Waals surface area (Å²) in [6.45, 7) is 7.46. The zero-order valence-corrected chi connectivity index (χ0v) is 11.6. The van der Waals surface area contributed by atoms with E-state index in [0.717, 1.165) is 16.3 Å². The summed E-state index contributed by atoms with van der Waals surface area (Å²) in [5.74, 6) is 0.175.